The third-order valence-corrected chi connectivity index (χ3v) is 6.41. The SMILES string of the molecule is CC(F)(F)Oc1ccc(-c2cccnc2[C@H](Cc2cc(F)cc(F)c2)NC(=O)Cc2c[nH]c3ccc(F)cc23)cc1. The fraction of sp³-hybridized carbons (Fsp3) is 0.161. The lowest BCUT2D eigenvalue weighted by Crippen LogP contribution is -2.32. The number of fused-ring (bicyclic) bond motifs is 1. The van der Waals surface area contributed by atoms with Crippen molar-refractivity contribution >= 4 is 16.8 Å². The summed E-state index contributed by atoms with van der Waals surface area (Å²) in [4.78, 5) is 20.8. The molecular weight excluding hydrogens is 541 g/mol. The number of halogens is 5. The number of pyridine rings is 1. The molecule has 2 heterocycles. The van der Waals surface area contributed by atoms with E-state index < -0.39 is 35.5 Å². The average molecular weight is 566 g/mol. The standard InChI is InChI=1S/C31H24F5N3O2/c1-31(35,36)41-24-7-4-19(5-8-24)25-3-2-10-37-30(25)28(13-18-11-22(33)15-23(34)12-18)39-29(40)14-20-17-38-27-9-6-21(32)16-26(20)27/h2-12,15-17,28,38H,13-14H2,1H3,(H,39,40)/t28-/m0/s1. The molecule has 2 aromatic heterocycles. The first kappa shape index (κ1) is 27.8. The summed E-state index contributed by atoms with van der Waals surface area (Å²) in [5.74, 6) is -2.45. The van der Waals surface area contributed by atoms with E-state index in [9.17, 15) is 26.7 Å². The van der Waals surface area contributed by atoms with Gasteiger partial charge in [0.2, 0.25) is 5.91 Å². The van der Waals surface area contributed by atoms with Crippen molar-refractivity contribution in [1.82, 2.24) is 15.3 Å². The van der Waals surface area contributed by atoms with Crippen LogP contribution in [0, 0.1) is 17.5 Å². The van der Waals surface area contributed by atoms with E-state index in [0.717, 1.165) is 6.07 Å². The van der Waals surface area contributed by atoms with Gasteiger partial charge in [-0.15, -0.1) is 0 Å². The number of aromatic amines is 1. The van der Waals surface area contributed by atoms with Gasteiger partial charge in [0.05, 0.1) is 18.2 Å². The largest absolute Gasteiger partial charge is 0.433 e. The smallest absolute Gasteiger partial charge is 0.394 e. The average Bonchev–Trinajstić information content (AvgIpc) is 3.28. The van der Waals surface area contributed by atoms with Gasteiger partial charge in [-0.25, -0.2) is 13.2 Å². The van der Waals surface area contributed by atoms with E-state index in [4.69, 9.17) is 0 Å². The number of aromatic nitrogens is 2. The minimum atomic E-state index is -3.35. The van der Waals surface area contributed by atoms with Crippen molar-refractivity contribution in [1.29, 1.82) is 0 Å². The summed E-state index contributed by atoms with van der Waals surface area (Å²) < 4.78 is 73.1. The molecule has 0 aliphatic carbocycles. The van der Waals surface area contributed by atoms with Gasteiger partial charge in [0.1, 0.15) is 23.2 Å². The van der Waals surface area contributed by atoms with Gasteiger partial charge in [-0.05, 0) is 71.6 Å². The Balaban J connectivity index is 1.48. The van der Waals surface area contributed by atoms with Crippen LogP contribution in [0.25, 0.3) is 22.0 Å². The number of carbonyl (C=O) groups is 1. The maximum atomic E-state index is 14.0. The minimum absolute atomic E-state index is 0.00377. The molecule has 210 valence electrons. The first-order valence-corrected chi connectivity index (χ1v) is 12.7. The zero-order valence-electron chi connectivity index (χ0n) is 21.7. The quantitative estimate of drug-likeness (QED) is 0.185. The lowest BCUT2D eigenvalue weighted by atomic mass is 9.95. The Kier molecular flexibility index (Phi) is 7.74. The van der Waals surface area contributed by atoms with Gasteiger partial charge >= 0.3 is 6.11 Å². The molecule has 0 spiro atoms. The summed E-state index contributed by atoms with van der Waals surface area (Å²) in [6.07, 6.45) is -0.321. The van der Waals surface area contributed by atoms with Crippen molar-refractivity contribution in [2.45, 2.75) is 31.9 Å². The topological polar surface area (TPSA) is 67.0 Å². The number of hydrogen-bond donors (Lipinski definition) is 2. The van der Waals surface area contributed by atoms with Crippen LogP contribution >= 0.6 is 0 Å². The predicted molar refractivity (Wildman–Crippen MR) is 144 cm³/mol. The highest BCUT2D eigenvalue weighted by Crippen LogP contribution is 2.31. The van der Waals surface area contributed by atoms with Crippen molar-refractivity contribution < 1.29 is 31.5 Å². The molecule has 41 heavy (non-hydrogen) atoms. The van der Waals surface area contributed by atoms with Crippen LogP contribution in [-0.2, 0) is 17.6 Å². The molecule has 0 radical (unpaired) electrons. The first-order chi connectivity index (χ1) is 19.5. The van der Waals surface area contributed by atoms with E-state index in [2.05, 4.69) is 20.0 Å². The van der Waals surface area contributed by atoms with Crippen LogP contribution in [0.1, 0.15) is 29.8 Å². The van der Waals surface area contributed by atoms with E-state index in [1.54, 1.807) is 36.5 Å². The molecule has 0 aliphatic heterocycles. The Hall–Kier alpha value is -4.73. The van der Waals surface area contributed by atoms with Gasteiger partial charge in [-0.1, -0.05) is 18.2 Å². The molecule has 1 atom stereocenters. The number of amides is 1. The lowest BCUT2D eigenvalue weighted by Gasteiger charge is -2.22. The van der Waals surface area contributed by atoms with E-state index in [0.29, 0.717) is 40.2 Å². The van der Waals surface area contributed by atoms with Crippen LogP contribution in [0.2, 0.25) is 0 Å². The van der Waals surface area contributed by atoms with E-state index in [-0.39, 0.29) is 24.2 Å². The van der Waals surface area contributed by atoms with Crippen LogP contribution in [0.4, 0.5) is 22.0 Å². The number of H-pyrrole nitrogens is 1. The second-order valence-corrected chi connectivity index (χ2v) is 9.65. The van der Waals surface area contributed by atoms with Crippen molar-refractivity contribution in [3.8, 4) is 16.9 Å². The molecule has 2 N–H and O–H groups in total. The molecule has 5 aromatic rings. The number of carbonyl (C=O) groups excluding carboxylic acids is 1. The predicted octanol–water partition coefficient (Wildman–Crippen LogP) is 7.28. The fourth-order valence-corrected chi connectivity index (χ4v) is 4.74. The normalized spacial score (nSPS) is 12.3. The number of hydrogen-bond acceptors (Lipinski definition) is 3. The maximum Gasteiger partial charge on any atom is 0.394 e. The van der Waals surface area contributed by atoms with Crippen molar-refractivity contribution in [2.24, 2.45) is 0 Å². The van der Waals surface area contributed by atoms with Gasteiger partial charge in [0, 0.05) is 41.9 Å². The summed E-state index contributed by atoms with van der Waals surface area (Å²) in [6, 6.07) is 15.8. The van der Waals surface area contributed by atoms with Crippen LogP contribution in [0.15, 0.2) is 85.2 Å². The van der Waals surface area contributed by atoms with Crippen molar-refractivity contribution in [3.05, 3.63) is 119 Å². The molecule has 10 heteroatoms. The van der Waals surface area contributed by atoms with Crippen LogP contribution in [0.5, 0.6) is 5.75 Å². The molecule has 0 aliphatic rings. The van der Waals surface area contributed by atoms with Gasteiger partial charge in [-0.2, -0.15) is 8.78 Å². The summed E-state index contributed by atoms with van der Waals surface area (Å²) in [7, 11) is 0. The number of rotatable bonds is 9. The first-order valence-electron chi connectivity index (χ1n) is 12.7. The molecule has 5 nitrogen and oxygen atoms in total. The lowest BCUT2D eigenvalue weighted by molar-refractivity contribution is -0.158. The Morgan fingerprint density at radius 1 is 0.976 bits per heavy atom. The van der Waals surface area contributed by atoms with Gasteiger partial charge in [-0.3, -0.25) is 9.78 Å². The van der Waals surface area contributed by atoms with Gasteiger partial charge < -0.3 is 15.0 Å². The Morgan fingerprint density at radius 2 is 1.71 bits per heavy atom. The number of nitrogens with one attached hydrogen (secondary N) is 2. The monoisotopic (exact) mass is 565 g/mol. The van der Waals surface area contributed by atoms with Crippen LogP contribution in [-0.4, -0.2) is 22.0 Å². The number of nitrogens with zero attached hydrogens (tertiary/aromatic N) is 1. The van der Waals surface area contributed by atoms with Gasteiger partial charge in [0.15, 0.2) is 0 Å². The van der Waals surface area contributed by atoms with E-state index in [1.165, 1.54) is 42.6 Å². The molecule has 0 saturated heterocycles. The zero-order chi connectivity index (χ0) is 29.1. The molecule has 5 rings (SSSR count). The van der Waals surface area contributed by atoms with Gasteiger partial charge in [0.25, 0.3) is 0 Å². The Labute approximate surface area is 232 Å². The molecule has 0 fully saturated rings. The molecule has 0 unspecified atom stereocenters. The highest BCUT2D eigenvalue weighted by molar-refractivity contribution is 5.89. The van der Waals surface area contributed by atoms with E-state index >= 15 is 0 Å². The summed E-state index contributed by atoms with van der Waals surface area (Å²) >= 11 is 0. The van der Waals surface area contributed by atoms with Crippen LogP contribution < -0.4 is 10.1 Å². The highest BCUT2D eigenvalue weighted by Gasteiger charge is 2.24. The fourth-order valence-electron chi connectivity index (χ4n) is 4.74. The molecule has 0 saturated carbocycles. The molecular formula is C31H24F5N3O2. The Morgan fingerprint density at radius 3 is 2.41 bits per heavy atom. The van der Waals surface area contributed by atoms with Crippen molar-refractivity contribution in [2.75, 3.05) is 0 Å². The third kappa shape index (κ3) is 6.89. The number of ether oxygens (including phenoxy) is 1. The second-order valence-electron chi connectivity index (χ2n) is 9.65. The van der Waals surface area contributed by atoms with Crippen molar-refractivity contribution in [3.63, 3.8) is 0 Å². The summed E-state index contributed by atoms with van der Waals surface area (Å²) in [5, 5.41) is 3.47. The molecule has 0 bridgehead atoms. The summed E-state index contributed by atoms with van der Waals surface area (Å²) in [5.41, 5.74) is 3.08. The molecule has 1 amide bonds. The second kappa shape index (κ2) is 11.4. The maximum absolute atomic E-state index is 14.0. The molecule has 3 aromatic carbocycles. The Bertz CT molecular complexity index is 1680. The third-order valence-electron chi connectivity index (χ3n) is 6.41. The minimum Gasteiger partial charge on any atom is -0.433 e. The summed E-state index contributed by atoms with van der Waals surface area (Å²) in [6.45, 7) is 0.634. The number of alkyl halides is 2. The number of benzene rings is 3. The zero-order valence-corrected chi connectivity index (χ0v) is 21.7. The highest BCUT2D eigenvalue weighted by atomic mass is 19.3. The van der Waals surface area contributed by atoms with E-state index in [1.807, 2.05) is 0 Å². The van der Waals surface area contributed by atoms with Crippen LogP contribution in [0.3, 0.4) is 0 Å².